The van der Waals surface area contributed by atoms with Crippen molar-refractivity contribution in [2.45, 2.75) is 57.5 Å². The van der Waals surface area contributed by atoms with Gasteiger partial charge in [0.05, 0.1) is 13.0 Å². The lowest BCUT2D eigenvalue weighted by Crippen LogP contribution is -2.55. The number of hydrogen-bond donors (Lipinski definition) is 3. The van der Waals surface area contributed by atoms with Crippen LogP contribution in [-0.4, -0.2) is 52.0 Å². The highest BCUT2D eigenvalue weighted by Crippen LogP contribution is 2.33. The standard InChI is InChI=1S/C22H29N3O3/c1-2-15-4-3-5-19-16(11-23-22(15)19)8-20(26)24-17-9-18(10-17)25(13-21(27)28)12-14-6-7-14/h3-5,11,14,17-18,23H,2,6-10,12-13H2,1H3,(H,24,26)(H,27,28). The normalized spacial score (nSPS) is 21.6. The van der Waals surface area contributed by atoms with E-state index in [1.807, 2.05) is 12.3 Å². The third-order valence-corrected chi connectivity index (χ3v) is 6.14. The third kappa shape index (κ3) is 4.22. The van der Waals surface area contributed by atoms with Gasteiger partial charge in [0.15, 0.2) is 0 Å². The molecule has 3 N–H and O–H groups in total. The van der Waals surface area contributed by atoms with Gasteiger partial charge < -0.3 is 15.4 Å². The van der Waals surface area contributed by atoms with Crippen LogP contribution in [-0.2, 0) is 22.4 Å². The summed E-state index contributed by atoms with van der Waals surface area (Å²) in [5, 5.41) is 13.4. The molecule has 1 aromatic carbocycles. The fourth-order valence-corrected chi connectivity index (χ4v) is 4.32. The monoisotopic (exact) mass is 383 g/mol. The zero-order chi connectivity index (χ0) is 19.7. The van der Waals surface area contributed by atoms with Gasteiger partial charge in [-0.2, -0.15) is 0 Å². The first-order valence-electron chi connectivity index (χ1n) is 10.4. The van der Waals surface area contributed by atoms with Crippen LogP contribution in [0.25, 0.3) is 10.9 Å². The number of aryl methyl sites for hydroxylation is 1. The Morgan fingerprint density at radius 3 is 2.71 bits per heavy atom. The summed E-state index contributed by atoms with van der Waals surface area (Å²) in [6, 6.07) is 6.66. The maximum Gasteiger partial charge on any atom is 0.317 e. The van der Waals surface area contributed by atoms with E-state index in [1.165, 1.54) is 18.4 Å². The zero-order valence-corrected chi connectivity index (χ0v) is 16.4. The summed E-state index contributed by atoms with van der Waals surface area (Å²) in [6.07, 6.45) is 7.40. The minimum atomic E-state index is -0.765. The number of carbonyl (C=O) groups is 2. The molecule has 1 heterocycles. The molecule has 28 heavy (non-hydrogen) atoms. The van der Waals surface area contributed by atoms with Gasteiger partial charge in [0, 0.05) is 35.7 Å². The molecule has 2 aromatic rings. The van der Waals surface area contributed by atoms with Crippen molar-refractivity contribution in [1.82, 2.24) is 15.2 Å². The van der Waals surface area contributed by atoms with Crippen molar-refractivity contribution < 1.29 is 14.7 Å². The topological polar surface area (TPSA) is 85.4 Å². The number of nitrogens with one attached hydrogen (secondary N) is 2. The van der Waals surface area contributed by atoms with E-state index in [0.29, 0.717) is 12.3 Å². The van der Waals surface area contributed by atoms with Gasteiger partial charge in [-0.25, -0.2) is 0 Å². The van der Waals surface area contributed by atoms with E-state index in [4.69, 9.17) is 5.11 Å². The van der Waals surface area contributed by atoms with E-state index in [1.54, 1.807) is 0 Å². The summed E-state index contributed by atoms with van der Waals surface area (Å²) in [6.45, 7) is 3.12. The second-order valence-corrected chi connectivity index (χ2v) is 8.34. The van der Waals surface area contributed by atoms with E-state index in [-0.39, 0.29) is 24.5 Å². The molecule has 1 amide bonds. The Balaban J connectivity index is 1.30. The lowest BCUT2D eigenvalue weighted by molar-refractivity contribution is -0.140. The average Bonchev–Trinajstić information content (AvgIpc) is 3.35. The van der Waals surface area contributed by atoms with Crippen LogP contribution in [0.3, 0.4) is 0 Å². The molecule has 2 aliphatic rings. The van der Waals surface area contributed by atoms with Gasteiger partial charge in [-0.05, 0) is 49.1 Å². The molecule has 1 aromatic heterocycles. The molecule has 150 valence electrons. The summed E-state index contributed by atoms with van der Waals surface area (Å²) in [5.74, 6) is -0.0555. The molecule has 6 heteroatoms. The van der Waals surface area contributed by atoms with Crippen LogP contribution in [0.1, 0.15) is 43.7 Å². The molecule has 0 spiro atoms. The first-order chi connectivity index (χ1) is 13.5. The molecule has 0 saturated heterocycles. The van der Waals surface area contributed by atoms with Crippen LogP contribution in [0.15, 0.2) is 24.4 Å². The fourth-order valence-electron chi connectivity index (χ4n) is 4.32. The zero-order valence-electron chi connectivity index (χ0n) is 16.4. The number of aliphatic carboxylic acids is 1. The molecule has 4 rings (SSSR count). The number of fused-ring (bicyclic) bond motifs is 1. The molecule has 6 nitrogen and oxygen atoms in total. The van der Waals surface area contributed by atoms with Gasteiger partial charge in [0.2, 0.25) is 5.91 Å². The van der Waals surface area contributed by atoms with Crippen molar-refractivity contribution in [3.63, 3.8) is 0 Å². The Morgan fingerprint density at radius 1 is 1.25 bits per heavy atom. The second kappa shape index (κ2) is 7.95. The van der Waals surface area contributed by atoms with Crippen molar-refractivity contribution in [2.75, 3.05) is 13.1 Å². The molecular formula is C22H29N3O3. The Kier molecular flexibility index (Phi) is 5.40. The smallest absolute Gasteiger partial charge is 0.317 e. The van der Waals surface area contributed by atoms with Gasteiger partial charge in [-0.3, -0.25) is 14.5 Å². The Labute approximate surface area is 165 Å². The number of carboxylic acids is 1. The number of aromatic amines is 1. The summed E-state index contributed by atoms with van der Waals surface area (Å²) in [5.41, 5.74) is 3.42. The van der Waals surface area contributed by atoms with E-state index in [2.05, 4.69) is 34.3 Å². The quantitative estimate of drug-likeness (QED) is 0.622. The van der Waals surface area contributed by atoms with Gasteiger partial charge >= 0.3 is 5.97 Å². The summed E-state index contributed by atoms with van der Waals surface area (Å²) in [4.78, 5) is 29.1. The van der Waals surface area contributed by atoms with E-state index in [0.717, 1.165) is 42.3 Å². The van der Waals surface area contributed by atoms with Crippen LogP contribution < -0.4 is 5.32 Å². The maximum absolute atomic E-state index is 12.5. The number of benzene rings is 1. The van der Waals surface area contributed by atoms with Crippen LogP contribution >= 0.6 is 0 Å². The third-order valence-electron chi connectivity index (χ3n) is 6.14. The molecule has 0 unspecified atom stereocenters. The molecular weight excluding hydrogens is 354 g/mol. The summed E-state index contributed by atoms with van der Waals surface area (Å²) < 4.78 is 0. The first kappa shape index (κ1) is 19.0. The second-order valence-electron chi connectivity index (χ2n) is 8.34. The molecule has 0 radical (unpaired) electrons. The molecule has 0 bridgehead atoms. The van der Waals surface area contributed by atoms with Gasteiger partial charge in [0.1, 0.15) is 0 Å². The molecule has 2 aliphatic carbocycles. The van der Waals surface area contributed by atoms with Crippen LogP contribution in [0.5, 0.6) is 0 Å². The largest absolute Gasteiger partial charge is 0.480 e. The van der Waals surface area contributed by atoms with Crippen molar-refractivity contribution in [1.29, 1.82) is 0 Å². The molecule has 0 aliphatic heterocycles. The summed E-state index contributed by atoms with van der Waals surface area (Å²) in [7, 11) is 0. The molecule has 0 atom stereocenters. The number of rotatable bonds is 9. The number of aromatic nitrogens is 1. The highest BCUT2D eigenvalue weighted by Gasteiger charge is 2.37. The average molecular weight is 383 g/mol. The van der Waals surface area contributed by atoms with Gasteiger partial charge in [-0.15, -0.1) is 0 Å². The predicted octanol–water partition coefficient (Wildman–Crippen LogP) is 2.72. The highest BCUT2D eigenvalue weighted by molar-refractivity contribution is 5.90. The van der Waals surface area contributed by atoms with Crippen molar-refractivity contribution in [2.24, 2.45) is 5.92 Å². The Bertz CT molecular complexity index is 865. The number of carbonyl (C=O) groups excluding carboxylic acids is 1. The molecule has 2 fully saturated rings. The minimum absolute atomic E-state index is 0.0400. The predicted molar refractivity (Wildman–Crippen MR) is 108 cm³/mol. The van der Waals surface area contributed by atoms with Crippen LogP contribution in [0.4, 0.5) is 0 Å². The van der Waals surface area contributed by atoms with E-state index < -0.39 is 5.97 Å². The van der Waals surface area contributed by atoms with Crippen molar-refractivity contribution in [3.05, 3.63) is 35.5 Å². The van der Waals surface area contributed by atoms with E-state index in [9.17, 15) is 9.59 Å². The maximum atomic E-state index is 12.5. The van der Waals surface area contributed by atoms with Crippen molar-refractivity contribution >= 4 is 22.8 Å². The fraction of sp³-hybridized carbons (Fsp3) is 0.545. The van der Waals surface area contributed by atoms with Gasteiger partial charge in [0.25, 0.3) is 0 Å². The molecule has 2 saturated carbocycles. The number of H-pyrrole nitrogens is 1. The minimum Gasteiger partial charge on any atom is -0.480 e. The number of hydrogen-bond acceptors (Lipinski definition) is 3. The number of para-hydroxylation sites is 1. The van der Waals surface area contributed by atoms with E-state index >= 15 is 0 Å². The van der Waals surface area contributed by atoms with Crippen LogP contribution in [0, 0.1) is 5.92 Å². The number of nitrogens with zero attached hydrogens (tertiary/aromatic N) is 1. The highest BCUT2D eigenvalue weighted by atomic mass is 16.4. The first-order valence-corrected chi connectivity index (χ1v) is 10.4. The summed E-state index contributed by atoms with van der Waals surface area (Å²) >= 11 is 0. The number of carboxylic acid groups (broad SMARTS) is 1. The van der Waals surface area contributed by atoms with Crippen LogP contribution in [0.2, 0.25) is 0 Å². The lowest BCUT2D eigenvalue weighted by Gasteiger charge is -2.42. The number of amides is 1. The SMILES string of the molecule is CCc1cccc2c(CC(=O)NC3CC(N(CC(=O)O)CC4CC4)C3)c[nH]c12. The lowest BCUT2D eigenvalue weighted by atomic mass is 9.85. The Morgan fingerprint density at radius 2 is 2.04 bits per heavy atom. The van der Waals surface area contributed by atoms with Gasteiger partial charge in [-0.1, -0.05) is 25.1 Å². The van der Waals surface area contributed by atoms with Crippen molar-refractivity contribution in [3.8, 4) is 0 Å². The Hall–Kier alpha value is -2.34.